The van der Waals surface area contributed by atoms with E-state index in [2.05, 4.69) is 46.0 Å². The van der Waals surface area contributed by atoms with Gasteiger partial charge in [-0.25, -0.2) is 9.97 Å². The Hall–Kier alpha value is -4.04. The van der Waals surface area contributed by atoms with Crippen LogP contribution in [0.4, 0.5) is 17.2 Å². The molecular formula is C27H26IN9O2. The number of aromatic nitrogens is 2. The number of nitrogens with one attached hydrogen (secondary N) is 2. The molecule has 2 aromatic carbocycles. The summed E-state index contributed by atoms with van der Waals surface area (Å²) in [5, 5.41) is 15.6. The van der Waals surface area contributed by atoms with Crippen LogP contribution in [0.3, 0.4) is 0 Å². The number of nitrogens with zero attached hydrogens (tertiary/aromatic N) is 7. The van der Waals surface area contributed by atoms with Gasteiger partial charge in [0.25, 0.3) is 0 Å². The van der Waals surface area contributed by atoms with E-state index in [4.69, 9.17) is 4.74 Å². The third-order valence-electron chi connectivity index (χ3n) is 6.61. The Morgan fingerprint density at radius 1 is 1.18 bits per heavy atom. The van der Waals surface area contributed by atoms with Crippen LogP contribution in [-0.4, -0.2) is 55.7 Å². The first-order chi connectivity index (χ1) is 19.0. The summed E-state index contributed by atoms with van der Waals surface area (Å²) in [5.74, 6) is 2.51. The van der Waals surface area contributed by atoms with Crippen molar-refractivity contribution in [3.05, 3.63) is 72.3 Å². The van der Waals surface area contributed by atoms with Crippen molar-refractivity contribution in [2.24, 2.45) is 13.5 Å². The van der Waals surface area contributed by atoms with E-state index in [9.17, 15) is 4.79 Å². The predicted octanol–water partition coefficient (Wildman–Crippen LogP) is 5.23. The third kappa shape index (κ3) is 5.71. The second-order valence-electron chi connectivity index (χ2n) is 9.36. The Kier molecular flexibility index (Phi) is 7.11. The first-order valence-corrected chi connectivity index (χ1v) is 14.4. The lowest BCUT2D eigenvalue weighted by molar-refractivity contribution is -0.111. The van der Waals surface area contributed by atoms with E-state index in [1.54, 1.807) is 15.5 Å². The number of benzene rings is 2. The molecule has 11 nitrogen and oxygen atoms in total. The smallest absolute Gasteiger partial charge is 0.248 e. The quantitative estimate of drug-likeness (QED) is 0.207. The standard InChI is InChI=1S/C27H26IN9O2/c1-17-12-18(6-9-24(17)39-21-14-25-34-35-28-37(25)31-15-21)33-27-22-13-19(5-8-23(22)29-16-30-27)32-26(38)10-7-20-4-3-11-36(20)2/h5-10,12-16,20H,3-4,11H2,1-2H3,(H,32,38)(H,29,30,33)/b10-7+/t20-/m1/s1. The van der Waals surface area contributed by atoms with Crippen LogP contribution in [-0.2, 0) is 4.79 Å². The van der Waals surface area contributed by atoms with Gasteiger partial charge < -0.3 is 15.4 Å². The lowest BCUT2D eigenvalue weighted by Gasteiger charge is -2.16. The Balaban J connectivity index is 1.16. The van der Waals surface area contributed by atoms with Crippen LogP contribution in [0.5, 0.6) is 5.75 Å². The molecule has 2 N–H and O–H groups in total. The second kappa shape index (κ2) is 11.0. The van der Waals surface area contributed by atoms with E-state index in [1.807, 2.05) is 55.5 Å². The molecule has 39 heavy (non-hydrogen) atoms. The maximum atomic E-state index is 12.6. The molecule has 0 radical (unpaired) electrons. The highest BCUT2D eigenvalue weighted by Gasteiger charge is 2.19. The molecule has 12 heteroatoms. The molecule has 1 saturated heterocycles. The van der Waals surface area contributed by atoms with Crippen LogP contribution in [0, 0.1) is 6.92 Å². The number of amides is 1. The summed E-state index contributed by atoms with van der Waals surface area (Å²) in [6.45, 7) is 3.04. The van der Waals surface area contributed by atoms with E-state index in [1.165, 1.54) is 6.33 Å². The van der Waals surface area contributed by atoms with Gasteiger partial charge in [0.2, 0.25) is 5.91 Å². The zero-order chi connectivity index (χ0) is 26.8. The van der Waals surface area contributed by atoms with Gasteiger partial charge in [-0.2, -0.15) is 8.32 Å². The van der Waals surface area contributed by atoms with E-state index >= 15 is 0 Å². The van der Waals surface area contributed by atoms with Gasteiger partial charge in [-0.3, -0.25) is 9.69 Å². The minimum atomic E-state index is -0.548. The summed E-state index contributed by atoms with van der Waals surface area (Å²) >= 11 is -0.548. The average Bonchev–Trinajstić information content (AvgIpc) is 3.57. The number of ether oxygens (including phenoxy) is 1. The summed E-state index contributed by atoms with van der Waals surface area (Å²) in [7, 11) is 2.08. The molecule has 198 valence electrons. The average molecular weight is 635 g/mol. The maximum Gasteiger partial charge on any atom is 0.248 e. The molecule has 3 aromatic rings. The molecule has 0 spiro atoms. The molecule has 1 fully saturated rings. The molecule has 4 heterocycles. The summed E-state index contributed by atoms with van der Waals surface area (Å²) in [4.78, 5) is 23.7. The molecule has 0 bridgehead atoms. The van der Waals surface area contributed by atoms with E-state index in [-0.39, 0.29) is 5.91 Å². The molecule has 3 aliphatic rings. The Morgan fingerprint density at radius 2 is 2.08 bits per heavy atom. The number of allylic oxidation sites excluding steroid dienone is 1. The number of aryl methyl sites for hydroxylation is 1. The van der Waals surface area contributed by atoms with Gasteiger partial charge in [0.1, 0.15) is 17.9 Å². The zero-order valence-corrected chi connectivity index (χ0v) is 23.5. The highest BCUT2D eigenvalue weighted by molar-refractivity contribution is 14.1. The van der Waals surface area contributed by atoms with Crippen molar-refractivity contribution in [2.75, 3.05) is 24.2 Å². The number of amidine groups is 1. The highest BCUT2D eigenvalue weighted by Crippen LogP contribution is 2.30. The number of fused-ring (bicyclic) bond motifs is 2. The van der Waals surface area contributed by atoms with Gasteiger partial charge in [0.05, 0.1) is 11.7 Å². The summed E-state index contributed by atoms with van der Waals surface area (Å²) in [6, 6.07) is 11.7. The molecule has 0 unspecified atom stereocenters. The van der Waals surface area contributed by atoms with Crippen molar-refractivity contribution in [1.29, 1.82) is 0 Å². The van der Waals surface area contributed by atoms with Crippen LogP contribution in [0.25, 0.3) is 10.9 Å². The third-order valence-corrected chi connectivity index (χ3v) is 8.17. The van der Waals surface area contributed by atoms with E-state index in [0.29, 0.717) is 34.9 Å². The molecule has 1 amide bonds. The van der Waals surface area contributed by atoms with Crippen LogP contribution in [0.15, 0.2) is 80.2 Å². The topological polar surface area (TPSA) is 120 Å². The first kappa shape index (κ1) is 25.2. The second-order valence-corrected chi connectivity index (χ2v) is 11.1. The monoisotopic (exact) mass is 635 g/mol. The van der Waals surface area contributed by atoms with Crippen LogP contribution in [0.2, 0.25) is 0 Å². The van der Waals surface area contributed by atoms with Gasteiger partial charge >= 0.3 is 0 Å². The van der Waals surface area contributed by atoms with Crippen molar-refractivity contribution < 1.29 is 9.53 Å². The molecule has 1 atom stereocenters. The van der Waals surface area contributed by atoms with Crippen LogP contribution >= 0.6 is 21.3 Å². The molecule has 0 saturated carbocycles. The fraction of sp³-hybridized carbons (Fsp3) is 0.222. The van der Waals surface area contributed by atoms with Crippen molar-refractivity contribution in [2.45, 2.75) is 25.8 Å². The lowest BCUT2D eigenvalue weighted by Crippen LogP contribution is -2.23. The Bertz CT molecular complexity index is 1600. The number of anilines is 3. The maximum absolute atomic E-state index is 12.6. The molecule has 3 aliphatic heterocycles. The van der Waals surface area contributed by atoms with Crippen molar-refractivity contribution in [1.82, 2.24) is 18.1 Å². The summed E-state index contributed by atoms with van der Waals surface area (Å²) in [5.41, 5.74) is 3.23. The Labute approximate surface area is 235 Å². The fourth-order valence-corrected chi connectivity index (χ4v) is 5.75. The molecular weight excluding hydrogens is 609 g/mol. The first-order valence-electron chi connectivity index (χ1n) is 12.5. The Morgan fingerprint density at radius 3 is 2.92 bits per heavy atom. The number of hydrazone groups is 1. The molecule has 1 aromatic heterocycles. The van der Waals surface area contributed by atoms with Crippen LogP contribution in [0.1, 0.15) is 18.4 Å². The van der Waals surface area contributed by atoms with Gasteiger partial charge in [-0.05, 0) is 75.3 Å². The normalized spacial score (nSPS) is 18.6. The number of likely N-dealkylation sites (tertiary alicyclic amines) is 1. The van der Waals surface area contributed by atoms with Gasteiger partial charge in [-0.15, -0.1) is 8.36 Å². The summed E-state index contributed by atoms with van der Waals surface area (Å²) < 4.78 is 11.9. The predicted molar refractivity (Wildman–Crippen MR) is 160 cm³/mol. The highest BCUT2D eigenvalue weighted by atomic mass is 127. The number of carbonyl (C=O) groups is 1. The van der Waals surface area contributed by atoms with Crippen LogP contribution < -0.4 is 15.4 Å². The van der Waals surface area contributed by atoms with E-state index < -0.39 is 21.3 Å². The van der Waals surface area contributed by atoms with E-state index in [0.717, 1.165) is 41.5 Å². The zero-order valence-electron chi connectivity index (χ0n) is 21.4. The fourth-order valence-electron chi connectivity index (χ4n) is 4.55. The van der Waals surface area contributed by atoms with Crippen molar-refractivity contribution >= 4 is 67.4 Å². The number of halogens is 1. The SMILES string of the molecule is Cc1cc(Nc2ncnc3ccc(NC(=O)/C=C/[C@H]4CCCN4C)cc23)ccc1OC1=CC2=NN=IN2N=C1. The lowest BCUT2D eigenvalue weighted by atomic mass is 10.1. The molecule has 6 rings (SSSR count). The number of carbonyl (C=O) groups excluding carboxylic acids is 1. The van der Waals surface area contributed by atoms with Crippen molar-refractivity contribution in [3.8, 4) is 5.75 Å². The van der Waals surface area contributed by atoms with Gasteiger partial charge in [-0.1, -0.05) is 6.08 Å². The number of hydrogen-bond acceptors (Lipinski definition) is 10. The minimum Gasteiger partial charge on any atom is -0.455 e. The van der Waals surface area contributed by atoms with Crippen molar-refractivity contribution in [3.63, 3.8) is 0 Å². The minimum absolute atomic E-state index is 0.158. The number of hydrogen-bond donors (Lipinski definition) is 2. The van der Waals surface area contributed by atoms with Gasteiger partial charge in [0, 0.05) is 35.0 Å². The molecule has 0 aliphatic carbocycles. The largest absolute Gasteiger partial charge is 0.455 e. The summed E-state index contributed by atoms with van der Waals surface area (Å²) in [6.07, 6.45) is 10.9. The number of rotatable bonds is 7. The van der Waals surface area contributed by atoms with Gasteiger partial charge in [0.15, 0.2) is 32.9 Å². The number of likely N-dealkylation sites (N-methyl/N-ethyl adjacent to an activating group) is 1.